The number of rotatable bonds is 8. The van der Waals surface area contributed by atoms with Gasteiger partial charge in [-0.05, 0) is 42.5 Å². The van der Waals surface area contributed by atoms with Gasteiger partial charge >= 0.3 is 6.03 Å². The summed E-state index contributed by atoms with van der Waals surface area (Å²) in [7, 11) is 0. The number of hydrogen-bond donors (Lipinski definition) is 2. The number of imide groups is 1. The number of likely N-dealkylation sites (tertiary alicyclic amines) is 1. The fourth-order valence-corrected chi connectivity index (χ4v) is 4.37. The Bertz CT molecular complexity index is 975. The molecule has 2 aliphatic rings. The van der Waals surface area contributed by atoms with Gasteiger partial charge in [-0.2, -0.15) is 0 Å². The van der Waals surface area contributed by atoms with Gasteiger partial charge in [0.15, 0.2) is 0 Å². The molecule has 4 rings (SSSR count). The molecule has 33 heavy (non-hydrogen) atoms. The summed E-state index contributed by atoms with van der Waals surface area (Å²) in [5, 5.41) is 5.65. The SMILES string of the molecule is O=C(CC1NC(=O)N(CCc2ccccc2)C1=O)NC1CCN(Cc2ccc(F)cc2)CC1. The van der Waals surface area contributed by atoms with Crippen molar-refractivity contribution in [3.05, 3.63) is 71.5 Å². The first kappa shape index (κ1) is 22.9. The Balaban J connectivity index is 1.19. The first-order valence-electron chi connectivity index (χ1n) is 11.4. The zero-order valence-corrected chi connectivity index (χ0v) is 18.5. The smallest absolute Gasteiger partial charge is 0.324 e. The summed E-state index contributed by atoms with van der Waals surface area (Å²) in [5.41, 5.74) is 2.11. The fourth-order valence-electron chi connectivity index (χ4n) is 4.37. The maximum atomic E-state index is 13.1. The molecule has 0 radical (unpaired) electrons. The minimum Gasteiger partial charge on any atom is -0.353 e. The highest BCUT2D eigenvalue weighted by Crippen LogP contribution is 2.16. The van der Waals surface area contributed by atoms with E-state index in [1.807, 2.05) is 30.3 Å². The quantitative estimate of drug-likeness (QED) is 0.603. The molecule has 2 N–H and O–H groups in total. The van der Waals surface area contributed by atoms with E-state index in [-0.39, 0.29) is 30.1 Å². The van der Waals surface area contributed by atoms with Crippen LogP contribution in [0.1, 0.15) is 30.4 Å². The minimum atomic E-state index is -0.813. The summed E-state index contributed by atoms with van der Waals surface area (Å²) in [4.78, 5) is 40.9. The molecule has 2 heterocycles. The van der Waals surface area contributed by atoms with Crippen LogP contribution in [0.5, 0.6) is 0 Å². The lowest BCUT2D eigenvalue weighted by Crippen LogP contribution is -2.46. The zero-order chi connectivity index (χ0) is 23.2. The summed E-state index contributed by atoms with van der Waals surface area (Å²) < 4.78 is 13.1. The van der Waals surface area contributed by atoms with Crippen LogP contribution in [-0.4, -0.2) is 59.4 Å². The molecular weight excluding hydrogens is 423 g/mol. The fraction of sp³-hybridized carbons (Fsp3) is 0.400. The Morgan fingerprint density at radius 2 is 1.70 bits per heavy atom. The molecule has 0 spiro atoms. The van der Waals surface area contributed by atoms with E-state index >= 15 is 0 Å². The second-order valence-electron chi connectivity index (χ2n) is 8.68. The van der Waals surface area contributed by atoms with Crippen molar-refractivity contribution >= 4 is 17.8 Å². The van der Waals surface area contributed by atoms with Crippen molar-refractivity contribution in [1.82, 2.24) is 20.4 Å². The summed E-state index contributed by atoms with van der Waals surface area (Å²) in [6, 6.07) is 15.0. The van der Waals surface area contributed by atoms with E-state index in [2.05, 4.69) is 15.5 Å². The van der Waals surface area contributed by atoms with Crippen LogP contribution < -0.4 is 10.6 Å². The number of urea groups is 1. The molecule has 2 aliphatic heterocycles. The number of nitrogens with one attached hydrogen (secondary N) is 2. The van der Waals surface area contributed by atoms with Crippen LogP contribution >= 0.6 is 0 Å². The van der Waals surface area contributed by atoms with E-state index in [0.29, 0.717) is 13.0 Å². The number of benzene rings is 2. The molecule has 2 saturated heterocycles. The molecule has 0 bridgehead atoms. The third-order valence-corrected chi connectivity index (χ3v) is 6.24. The topological polar surface area (TPSA) is 81.8 Å². The van der Waals surface area contributed by atoms with E-state index in [4.69, 9.17) is 0 Å². The standard InChI is InChI=1S/C25H29FN4O3/c26-20-8-6-19(7-9-20)17-29-13-11-21(12-14-29)27-23(31)16-22-24(32)30(25(33)28-22)15-10-18-4-2-1-3-5-18/h1-9,21-22H,10-17H2,(H,27,31)(H,28,33). The Kier molecular flexibility index (Phi) is 7.34. The Hall–Kier alpha value is -3.26. The zero-order valence-electron chi connectivity index (χ0n) is 18.5. The van der Waals surface area contributed by atoms with E-state index < -0.39 is 12.1 Å². The third kappa shape index (κ3) is 6.16. The second-order valence-corrected chi connectivity index (χ2v) is 8.68. The number of amides is 4. The first-order chi connectivity index (χ1) is 16.0. The number of hydrogen-bond acceptors (Lipinski definition) is 4. The molecular formula is C25H29FN4O3. The molecule has 0 aromatic heterocycles. The first-order valence-corrected chi connectivity index (χ1v) is 11.4. The van der Waals surface area contributed by atoms with E-state index in [1.54, 1.807) is 12.1 Å². The summed E-state index contributed by atoms with van der Waals surface area (Å²) >= 11 is 0. The molecule has 0 aliphatic carbocycles. The summed E-state index contributed by atoms with van der Waals surface area (Å²) in [5.74, 6) is -0.813. The Morgan fingerprint density at radius 1 is 1.00 bits per heavy atom. The van der Waals surface area contributed by atoms with Gasteiger partial charge in [0.05, 0.1) is 6.42 Å². The van der Waals surface area contributed by atoms with Crippen molar-refractivity contribution in [2.75, 3.05) is 19.6 Å². The van der Waals surface area contributed by atoms with Gasteiger partial charge in [-0.3, -0.25) is 19.4 Å². The highest BCUT2D eigenvalue weighted by molar-refractivity contribution is 6.05. The third-order valence-electron chi connectivity index (χ3n) is 6.24. The molecule has 7 nitrogen and oxygen atoms in total. The molecule has 1 unspecified atom stereocenters. The van der Waals surface area contributed by atoms with Crippen LogP contribution in [0.4, 0.5) is 9.18 Å². The lowest BCUT2D eigenvalue weighted by molar-refractivity contribution is -0.131. The van der Waals surface area contributed by atoms with Crippen LogP contribution in [0.3, 0.4) is 0 Å². The lowest BCUT2D eigenvalue weighted by Gasteiger charge is -2.32. The van der Waals surface area contributed by atoms with Gasteiger partial charge in [-0.25, -0.2) is 9.18 Å². The lowest BCUT2D eigenvalue weighted by atomic mass is 10.0. The van der Waals surface area contributed by atoms with Crippen LogP contribution in [0.25, 0.3) is 0 Å². The number of piperidine rings is 1. The second kappa shape index (κ2) is 10.6. The van der Waals surface area contributed by atoms with Crippen molar-refractivity contribution in [2.24, 2.45) is 0 Å². The van der Waals surface area contributed by atoms with E-state index in [0.717, 1.165) is 43.6 Å². The van der Waals surface area contributed by atoms with Gasteiger partial charge in [0.1, 0.15) is 11.9 Å². The predicted molar refractivity (Wildman–Crippen MR) is 122 cm³/mol. The molecule has 8 heteroatoms. The summed E-state index contributed by atoms with van der Waals surface area (Å²) in [6.07, 6.45) is 2.14. The molecule has 174 valence electrons. The van der Waals surface area contributed by atoms with Crippen molar-refractivity contribution in [3.8, 4) is 0 Å². The Labute approximate surface area is 192 Å². The van der Waals surface area contributed by atoms with Crippen molar-refractivity contribution in [1.29, 1.82) is 0 Å². The molecule has 2 fully saturated rings. The molecule has 2 aromatic rings. The van der Waals surface area contributed by atoms with E-state index in [1.165, 1.54) is 17.0 Å². The van der Waals surface area contributed by atoms with E-state index in [9.17, 15) is 18.8 Å². The average Bonchev–Trinajstić information content (AvgIpc) is 3.08. The minimum absolute atomic E-state index is 0.0448. The number of carbonyl (C=O) groups excluding carboxylic acids is 3. The molecule has 0 saturated carbocycles. The maximum absolute atomic E-state index is 13.1. The monoisotopic (exact) mass is 452 g/mol. The number of nitrogens with zero attached hydrogens (tertiary/aromatic N) is 2. The van der Waals surface area contributed by atoms with Crippen LogP contribution in [-0.2, 0) is 22.6 Å². The van der Waals surface area contributed by atoms with Crippen molar-refractivity contribution < 1.29 is 18.8 Å². The maximum Gasteiger partial charge on any atom is 0.324 e. The largest absolute Gasteiger partial charge is 0.353 e. The predicted octanol–water partition coefficient (Wildman–Crippen LogP) is 2.46. The average molecular weight is 453 g/mol. The van der Waals surface area contributed by atoms with Gasteiger partial charge in [-0.15, -0.1) is 0 Å². The molecule has 4 amide bonds. The highest BCUT2D eigenvalue weighted by Gasteiger charge is 2.39. The number of halogens is 1. The summed E-state index contributed by atoms with van der Waals surface area (Å²) in [6.45, 7) is 2.70. The molecule has 1 atom stereocenters. The van der Waals surface area contributed by atoms with Crippen molar-refractivity contribution in [2.45, 2.75) is 44.3 Å². The van der Waals surface area contributed by atoms with Crippen LogP contribution in [0.15, 0.2) is 54.6 Å². The van der Waals surface area contributed by atoms with Gasteiger partial charge in [-0.1, -0.05) is 42.5 Å². The van der Waals surface area contributed by atoms with Crippen molar-refractivity contribution in [3.63, 3.8) is 0 Å². The van der Waals surface area contributed by atoms with Gasteiger partial charge < -0.3 is 10.6 Å². The van der Waals surface area contributed by atoms with Crippen LogP contribution in [0, 0.1) is 5.82 Å². The Morgan fingerprint density at radius 3 is 2.39 bits per heavy atom. The highest BCUT2D eigenvalue weighted by atomic mass is 19.1. The van der Waals surface area contributed by atoms with Gasteiger partial charge in [0, 0.05) is 32.2 Å². The molecule has 2 aromatic carbocycles. The van der Waals surface area contributed by atoms with Gasteiger partial charge in [0.25, 0.3) is 5.91 Å². The van der Waals surface area contributed by atoms with Gasteiger partial charge in [0.2, 0.25) is 5.91 Å². The normalized spacial score (nSPS) is 19.5. The number of carbonyl (C=O) groups is 3. The van der Waals surface area contributed by atoms with Crippen LogP contribution in [0.2, 0.25) is 0 Å².